The van der Waals surface area contributed by atoms with Gasteiger partial charge in [0.05, 0.1) is 9.26 Å². The Morgan fingerprint density at radius 2 is 1.95 bits per heavy atom. The molecule has 0 radical (unpaired) electrons. The minimum atomic E-state index is 0.353. The third-order valence-corrected chi connectivity index (χ3v) is 3.86. The molecular weight excluding hydrogens is 351 g/mol. The van der Waals surface area contributed by atoms with Crippen molar-refractivity contribution in [3.63, 3.8) is 0 Å². The fourth-order valence-electron chi connectivity index (χ4n) is 1.73. The van der Waals surface area contributed by atoms with E-state index in [0.717, 1.165) is 26.3 Å². The fourth-order valence-corrected chi connectivity index (χ4v) is 2.86. The van der Waals surface area contributed by atoms with Crippen LogP contribution in [0.5, 0.6) is 0 Å². The highest BCUT2D eigenvalue weighted by Crippen LogP contribution is 2.27. The van der Waals surface area contributed by atoms with Gasteiger partial charge in [0.15, 0.2) is 5.82 Å². The Kier molecular flexibility index (Phi) is 4.34. The van der Waals surface area contributed by atoms with Crippen molar-refractivity contribution >= 4 is 28.4 Å². The molecule has 0 aliphatic rings. The van der Waals surface area contributed by atoms with Gasteiger partial charge in [0, 0.05) is 13.2 Å². The van der Waals surface area contributed by atoms with Gasteiger partial charge < -0.3 is 5.32 Å². The third kappa shape index (κ3) is 3.02. The van der Waals surface area contributed by atoms with E-state index in [-0.39, 0.29) is 0 Å². The highest BCUT2D eigenvalue weighted by atomic mass is 127. The number of pyridine rings is 1. The predicted molar refractivity (Wildman–Crippen MR) is 86.4 cm³/mol. The van der Waals surface area contributed by atoms with Crippen molar-refractivity contribution in [1.82, 2.24) is 15.0 Å². The molecule has 0 unspecified atom stereocenters. The van der Waals surface area contributed by atoms with Crippen LogP contribution < -0.4 is 5.32 Å². The average molecular weight is 368 g/mol. The van der Waals surface area contributed by atoms with E-state index in [1.54, 1.807) is 0 Å². The number of anilines is 1. The SMILES string of the molecule is CNc1nc(-c2ccc(C)cn2)nc(C(C)C)c1I. The maximum atomic E-state index is 4.66. The van der Waals surface area contributed by atoms with Crippen LogP contribution in [0.2, 0.25) is 0 Å². The number of nitrogens with one attached hydrogen (secondary N) is 1. The van der Waals surface area contributed by atoms with E-state index < -0.39 is 0 Å². The molecule has 4 nitrogen and oxygen atoms in total. The lowest BCUT2D eigenvalue weighted by Crippen LogP contribution is -2.07. The Balaban J connectivity index is 2.57. The standard InChI is InChI=1S/C14H17IN4/c1-8(2)12-11(15)14(16-4)19-13(18-12)10-6-5-9(3)7-17-10/h5-8H,1-4H3,(H,16,18,19). The lowest BCUT2D eigenvalue weighted by atomic mass is 10.1. The number of nitrogens with zero attached hydrogens (tertiary/aromatic N) is 3. The maximum Gasteiger partial charge on any atom is 0.180 e. The number of hydrogen-bond acceptors (Lipinski definition) is 4. The molecule has 0 saturated carbocycles. The van der Waals surface area contributed by atoms with Crippen LogP contribution >= 0.6 is 22.6 Å². The van der Waals surface area contributed by atoms with Gasteiger partial charge in [-0.1, -0.05) is 19.9 Å². The van der Waals surface area contributed by atoms with Crippen molar-refractivity contribution in [3.05, 3.63) is 33.2 Å². The number of aromatic nitrogens is 3. The first-order valence-corrected chi connectivity index (χ1v) is 7.29. The minimum absolute atomic E-state index is 0.353. The van der Waals surface area contributed by atoms with Gasteiger partial charge in [-0.05, 0) is 47.1 Å². The predicted octanol–water partition coefficient (Wildman–Crippen LogP) is 3.62. The molecule has 2 aromatic heterocycles. The summed E-state index contributed by atoms with van der Waals surface area (Å²) < 4.78 is 1.07. The van der Waals surface area contributed by atoms with Gasteiger partial charge in [0.25, 0.3) is 0 Å². The zero-order valence-electron chi connectivity index (χ0n) is 11.5. The van der Waals surface area contributed by atoms with Gasteiger partial charge in [-0.25, -0.2) is 9.97 Å². The van der Waals surface area contributed by atoms with Crippen molar-refractivity contribution in [2.24, 2.45) is 0 Å². The summed E-state index contributed by atoms with van der Waals surface area (Å²) in [5.74, 6) is 1.89. The summed E-state index contributed by atoms with van der Waals surface area (Å²) in [5.41, 5.74) is 2.99. The molecule has 0 bridgehead atoms. The molecule has 2 rings (SSSR count). The van der Waals surface area contributed by atoms with E-state index in [1.165, 1.54) is 0 Å². The molecule has 1 N–H and O–H groups in total. The van der Waals surface area contributed by atoms with Crippen molar-refractivity contribution in [1.29, 1.82) is 0 Å². The fraction of sp³-hybridized carbons (Fsp3) is 0.357. The van der Waals surface area contributed by atoms with Crippen LogP contribution in [0.4, 0.5) is 5.82 Å². The first-order chi connectivity index (χ1) is 9.02. The van der Waals surface area contributed by atoms with E-state index in [4.69, 9.17) is 0 Å². The van der Waals surface area contributed by atoms with Gasteiger partial charge in [0.1, 0.15) is 11.5 Å². The molecule has 0 atom stereocenters. The maximum absolute atomic E-state index is 4.66. The molecular formula is C14H17IN4. The largest absolute Gasteiger partial charge is 0.372 e. The number of rotatable bonds is 3. The number of aryl methyl sites for hydroxylation is 1. The Bertz CT molecular complexity index is 579. The number of hydrogen-bond donors (Lipinski definition) is 1. The van der Waals surface area contributed by atoms with E-state index in [9.17, 15) is 0 Å². The van der Waals surface area contributed by atoms with Crippen molar-refractivity contribution in [2.75, 3.05) is 12.4 Å². The quantitative estimate of drug-likeness (QED) is 0.841. The normalized spacial score (nSPS) is 10.8. The van der Waals surface area contributed by atoms with Crippen molar-refractivity contribution < 1.29 is 0 Å². The van der Waals surface area contributed by atoms with Gasteiger partial charge in [-0.15, -0.1) is 0 Å². The van der Waals surface area contributed by atoms with Gasteiger partial charge in [-0.2, -0.15) is 0 Å². The monoisotopic (exact) mass is 368 g/mol. The Hall–Kier alpha value is -1.24. The zero-order chi connectivity index (χ0) is 14.0. The van der Waals surface area contributed by atoms with Crippen LogP contribution in [-0.2, 0) is 0 Å². The Morgan fingerprint density at radius 3 is 2.47 bits per heavy atom. The topological polar surface area (TPSA) is 50.7 Å². The molecule has 2 aromatic rings. The first-order valence-electron chi connectivity index (χ1n) is 6.21. The zero-order valence-corrected chi connectivity index (χ0v) is 13.7. The van der Waals surface area contributed by atoms with E-state index in [1.807, 2.05) is 32.3 Å². The second-order valence-electron chi connectivity index (χ2n) is 4.72. The minimum Gasteiger partial charge on any atom is -0.372 e. The molecule has 5 heteroatoms. The molecule has 2 heterocycles. The molecule has 19 heavy (non-hydrogen) atoms. The Morgan fingerprint density at radius 1 is 1.21 bits per heavy atom. The van der Waals surface area contributed by atoms with Crippen LogP contribution in [0.15, 0.2) is 18.3 Å². The first kappa shape index (κ1) is 14.2. The lowest BCUT2D eigenvalue weighted by Gasteiger charge is -2.13. The van der Waals surface area contributed by atoms with Crippen LogP contribution in [0.25, 0.3) is 11.5 Å². The average Bonchev–Trinajstić information content (AvgIpc) is 2.39. The summed E-state index contributed by atoms with van der Waals surface area (Å²) in [4.78, 5) is 13.6. The highest BCUT2D eigenvalue weighted by molar-refractivity contribution is 14.1. The van der Waals surface area contributed by atoms with Gasteiger partial charge >= 0.3 is 0 Å². The summed E-state index contributed by atoms with van der Waals surface area (Å²) >= 11 is 2.29. The van der Waals surface area contributed by atoms with Gasteiger partial charge in [-0.3, -0.25) is 4.98 Å². The Labute approximate surface area is 127 Å². The van der Waals surface area contributed by atoms with Gasteiger partial charge in [0.2, 0.25) is 0 Å². The van der Waals surface area contributed by atoms with Crippen LogP contribution in [0, 0.1) is 10.5 Å². The molecule has 0 aliphatic heterocycles. The summed E-state index contributed by atoms with van der Waals surface area (Å²) in [6.45, 7) is 6.29. The summed E-state index contributed by atoms with van der Waals surface area (Å²) in [7, 11) is 1.88. The number of halogens is 1. The van der Waals surface area contributed by atoms with E-state index in [0.29, 0.717) is 11.7 Å². The third-order valence-electron chi connectivity index (χ3n) is 2.80. The molecule has 0 fully saturated rings. The van der Waals surface area contributed by atoms with Crippen molar-refractivity contribution in [3.8, 4) is 11.5 Å². The molecule has 0 amide bonds. The lowest BCUT2D eigenvalue weighted by molar-refractivity contribution is 0.808. The van der Waals surface area contributed by atoms with Crippen LogP contribution in [0.1, 0.15) is 31.0 Å². The van der Waals surface area contributed by atoms with E-state index in [2.05, 4.69) is 56.7 Å². The summed E-state index contributed by atoms with van der Waals surface area (Å²) in [5, 5.41) is 3.13. The smallest absolute Gasteiger partial charge is 0.180 e. The second-order valence-corrected chi connectivity index (χ2v) is 5.80. The summed E-state index contributed by atoms with van der Waals surface area (Å²) in [6, 6.07) is 3.98. The molecule has 100 valence electrons. The molecule has 0 aromatic carbocycles. The van der Waals surface area contributed by atoms with E-state index >= 15 is 0 Å². The highest BCUT2D eigenvalue weighted by Gasteiger charge is 2.15. The summed E-state index contributed by atoms with van der Waals surface area (Å²) in [6.07, 6.45) is 1.84. The van der Waals surface area contributed by atoms with Crippen LogP contribution in [-0.4, -0.2) is 22.0 Å². The molecule has 0 spiro atoms. The second kappa shape index (κ2) is 5.81. The van der Waals surface area contributed by atoms with Crippen LogP contribution in [0.3, 0.4) is 0 Å². The molecule has 0 saturated heterocycles. The van der Waals surface area contributed by atoms with Crippen molar-refractivity contribution in [2.45, 2.75) is 26.7 Å². The molecule has 0 aliphatic carbocycles.